The van der Waals surface area contributed by atoms with Crippen LogP contribution in [0.1, 0.15) is 30.5 Å². The second kappa shape index (κ2) is 7.34. The fourth-order valence-electron chi connectivity index (χ4n) is 2.15. The Morgan fingerprint density at radius 2 is 1.71 bits per heavy atom. The van der Waals surface area contributed by atoms with E-state index in [-0.39, 0.29) is 17.7 Å². The van der Waals surface area contributed by atoms with Crippen molar-refractivity contribution in [2.45, 2.75) is 19.4 Å². The first kappa shape index (κ1) is 16.4. The van der Waals surface area contributed by atoms with Gasteiger partial charge >= 0.3 is 0 Å². The van der Waals surface area contributed by atoms with Crippen LogP contribution in [-0.2, 0) is 0 Å². The van der Waals surface area contributed by atoms with E-state index >= 15 is 0 Å². The van der Waals surface area contributed by atoms with Gasteiger partial charge in [0.2, 0.25) is 0 Å². The van der Waals surface area contributed by atoms with E-state index in [0.29, 0.717) is 22.7 Å². The van der Waals surface area contributed by atoms with Gasteiger partial charge in [0, 0.05) is 9.50 Å². The van der Waals surface area contributed by atoms with Crippen molar-refractivity contribution in [3.05, 3.63) is 68.7 Å². The molecule has 2 aromatic carbocycles. The van der Waals surface area contributed by atoms with Gasteiger partial charge in [-0.3, -0.25) is 0 Å². The molecule has 0 amide bonds. The molecule has 1 N–H and O–H groups in total. The lowest BCUT2D eigenvalue weighted by Gasteiger charge is -2.22. The summed E-state index contributed by atoms with van der Waals surface area (Å²) in [4.78, 5) is 0. The molecule has 0 aromatic heterocycles. The maximum atomic E-state index is 13.6. The van der Waals surface area contributed by atoms with Crippen LogP contribution in [0.25, 0.3) is 0 Å². The highest BCUT2D eigenvalue weighted by Crippen LogP contribution is 2.33. The van der Waals surface area contributed by atoms with Gasteiger partial charge in [0.05, 0.1) is 6.04 Å². The number of nitrogens with one attached hydrogen (secondary N) is 1. The smallest absolute Gasteiger partial charge is 0.123 e. The number of halogens is 4. The number of hydrogen-bond donors (Lipinski definition) is 1. The molecule has 0 saturated carbocycles. The van der Waals surface area contributed by atoms with Crippen molar-refractivity contribution in [1.82, 2.24) is 5.32 Å². The van der Waals surface area contributed by atoms with Gasteiger partial charge in [-0.15, -0.1) is 0 Å². The molecular formula is C16H15BrClF2N. The van der Waals surface area contributed by atoms with E-state index in [4.69, 9.17) is 11.6 Å². The molecule has 0 radical (unpaired) electrons. The highest BCUT2D eigenvalue weighted by Gasteiger charge is 2.20. The van der Waals surface area contributed by atoms with Crippen LogP contribution < -0.4 is 5.32 Å². The van der Waals surface area contributed by atoms with Crippen LogP contribution in [0.2, 0.25) is 5.02 Å². The van der Waals surface area contributed by atoms with Crippen molar-refractivity contribution in [3.8, 4) is 0 Å². The summed E-state index contributed by atoms with van der Waals surface area (Å²) in [6, 6.07) is 8.27. The lowest BCUT2D eigenvalue weighted by atomic mass is 9.98. The summed E-state index contributed by atoms with van der Waals surface area (Å²) in [6.45, 7) is 2.73. The molecule has 2 rings (SSSR count). The Bertz CT molecular complexity index is 582. The fourth-order valence-corrected chi connectivity index (χ4v) is 2.85. The zero-order chi connectivity index (χ0) is 15.4. The summed E-state index contributed by atoms with van der Waals surface area (Å²) < 4.78 is 27.9. The number of benzene rings is 2. The standard InChI is InChI=1S/C16H15BrClF2N/c1-2-7-21-16(12-8-10(19)3-5-14(12)17)13-9-11(20)4-6-15(13)18/h3-6,8-9,16,21H,2,7H2,1H3. The van der Waals surface area contributed by atoms with Gasteiger partial charge in [-0.05, 0) is 60.5 Å². The van der Waals surface area contributed by atoms with Crippen molar-refractivity contribution < 1.29 is 8.78 Å². The van der Waals surface area contributed by atoms with Gasteiger partial charge in [0.15, 0.2) is 0 Å². The SMILES string of the molecule is CCCNC(c1cc(F)ccc1Cl)c1cc(F)ccc1Br. The van der Waals surface area contributed by atoms with Gasteiger partial charge in [-0.25, -0.2) is 8.78 Å². The minimum absolute atomic E-state index is 0.343. The van der Waals surface area contributed by atoms with E-state index in [1.165, 1.54) is 30.3 Å². The third-order valence-electron chi connectivity index (χ3n) is 3.14. The lowest BCUT2D eigenvalue weighted by molar-refractivity contribution is 0.575. The molecule has 1 unspecified atom stereocenters. The van der Waals surface area contributed by atoms with Gasteiger partial charge < -0.3 is 5.32 Å². The molecule has 5 heteroatoms. The molecule has 0 aliphatic heterocycles. The molecule has 0 heterocycles. The Labute approximate surface area is 136 Å². The van der Waals surface area contributed by atoms with Crippen LogP contribution in [-0.4, -0.2) is 6.54 Å². The van der Waals surface area contributed by atoms with E-state index in [1.54, 1.807) is 6.07 Å². The summed E-state index contributed by atoms with van der Waals surface area (Å²) in [6.07, 6.45) is 0.899. The molecule has 1 atom stereocenters. The van der Waals surface area contributed by atoms with Crippen molar-refractivity contribution in [2.75, 3.05) is 6.54 Å². The van der Waals surface area contributed by atoms with E-state index in [1.807, 2.05) is 6.92 Å². The molecule has 0 aliphatic rings. The van der Waals surface area contributed by atoms with Gasteiger partial charge in [-0.2, -0.15) is 0 Å². The Kier molecular flexibility index (Phi) is 5.73. The van der Waals surface area contributed by atoms with Crippen molar-refractivity contribution >= 4 is 27.5 Å². The Balaban J connectivity index is 2.52. The van der Waals surface area contributed by atoms with Crippen molar-refractivity contribution in [1.29, 1.82) is 0 Å². The zero-order valence-electron chi connectivity index (χ0n) is 11.5. The van der Waals surface area contributed by atoms with Crippen LogP contribution in [0, 0.1) is 11.6 Å². The number of rotatable bonds is 5. The molecule has 2 aromatic rings. The lowest BCUT2D eigenvalue weighted by Crippen LogP contribution is -2.24. The Morgan fingerprint density at radius 3 is 2.38 bits per heavy atom. The van der Waals surface area contributed by atoms with E-state index < -0.39 is 0 Å². The monoisotopic (exact) mass is 373 g/mol. The molecule has 0 bridgehead atoms. The second-order valence-corrected chi connectivity index (χ2v) is 5.98. The highest BCUT2D eigenvalue weighted by atomic mass is 79.9. The molecule has 0 saturated heterocycles. The summed E-state index contributed by atoms with van der Waals surface area (Å²) >= 11 is 9.62. The summed E-state index contributed by atoms with van der Waals surface area (Å²) in [5, 5.41) is 3.74. The third-order valence-corrected chi connectivity index (χ3v) is 4.20. The third kappa shape index (κ3) is 4.02. The van der Waals surface area contributed by atoms with Crippen molar-refractivity contribution in [3.63, 3.8) is 0 Å². The molecule has 21 heavy (non-hydrogen) atoms. The van der Waals surface area contributed by atoms with Gasteiger partial charge in [0.1, 0.15) is 11.6 Å². The largest absolute Gasteiger partial charge is 0.306 e. The molecule has 0 spiro atoms. The van der Waals surface area contributed by atoms with Crippen LogP contribution in [0.5, 0.6) is 0 Å². The molecule has 1 nitrogen and oxygen atoms in total. The maximum Gasteiger partial charge on any atom is 0.123 e. The van der Waals surface area contributed by atoms with Gasteiger partial charge in [0.25, 0.3) is 0 Å². The van der Waals surface area contributed by atoms with Gasteiger partial charge in [-0.1, -0.05) is 34.5 Å². The fraction of sp³-hybridized carbons (Fsp3) is 0.250. The van der Waals surface area contributed by atoms with E-state index in [9.17, 15) is 8.78 Å². The quantitative estimate of drug-likeness (QED) is 0.732. The predicted octanol–water partition coefficient (Wildman–Crippen LogP) is 5.47. The Hall–Kier alpha value is -0.970. The first-order valence-electron chi connectivity index (χ1n) is 6.66. The number of hydrogen-bond acceptors (Lipinski definition) is 1. The topological polar surface area (TPSA) is 12.0 Å². The van der Waals surface area contributed by atoms with Crippen LogP contribution in [0.4, 0.5) is 8.78 Å². The summed E-state index contributed by atoms with van der Waals surface area (Å²) in [5.41, 5.74) is 1.28. The second-order valence-electron chi connectivity index (χ2n) is 4.72. The first-order chi connectivity index (χ1) is 10.0. The van der Waals surface area contributed by atoms with Crippen molar-refractivity contribution in [2.24, 2.45) is 0 Å². The first-order valence-corrected chi connectivity index (χ1v) is 7.83. The highest BCUT2D eigenvalue weighted by molar-refractivity contribution is 9.10. The zero-order valence-corrected chi connectivity index (χ0v) is 13.8. The molecular weight excluding hydrogens is 360 g/mol. The minimum Gasteiger partial charge on any atom is -0.306 e. The molecule has 0 aliphatic carbocycles. The van der Waals surface area contributed by atoms with E-state index in [0.717, 1.165) is 10.9 Å². The van der Waals surface area contributed by atoms with E-state index in [2.05, 4.69) is 21.2 Å². The average molecular weight is 375 g/mol. The van der Waals surface area contributed by atoms with Crippen LogP contribution in [0.3, 0.4) is 0 Å². The Morgan fingerprint density at radius 1 is 1.10 bits per heavy atom. The normalized spacial score (nSPS) is 12.4. The molecule has 112 valence electrons. The molecule has 0 fully saturated rings. The summed E-state index contributed by atoms with van der Waals surface area (Å²) in [5.74, 6) is -0.714. The predicted molar refractivity (Wildman–Crippen MR) is 85.6 cm³/mol. The summed E-state index contributed by atoms with van der Waals surface area (Å²) in [7, 11) is 0. The van der Waals surface area contributed by atoms with Crippen LogP contribution >= 0.6 is 27.5 Å². The maximum absolute atomic E-state index is 13.6. The van der Waals surface area contributed by atoms with Crippen LogP contribution in [0.15, 0.2) is 40.9 Å². The average Bonchev–Trinajstić information content (AvgIpc) is 2.46. The minimum atomic E-state index is -0.377.